The van der Waals surface area contributed by atoms with E-state index in [0.29, 0.717) is 11.6 Å². The van der Waals surface area contributed by atoms with Gasteiger partial charge in [-0.15, -0.1) is 0 Å². The van der Waals surface area contributed by atoms with Crippen LogP contribution in [0.5, 0.6) is 0 Å². The molecule has 58 valence electrons. The average molecular weight is 151 g/mol. The molecular formula is C6H9N5. The van der Waals surface area contributed by atoms with Crippen LogP contribution in [-0.4, -0.2) is 14.2 Å². The highest BCUT2D eigenvalue weighted by molar-refractivity contribution is 5.64. The molecule has 0 aromatic carbocycles. The minimum absolute atomic E-state index is 0.493. The molecule has 2 aromatic rings. The van der Waals surface area contributed by atoms with Gasteiger partial charge in [0.15, 0.2) is 5.82 Å². The summed E-state index contributed by atoms with van der Waals surface area (Å²) >= 11 is 0. The van der Waals surface area contributed by atoms with Crippen LogP contribution in [0.2, 0.25) is 0 Å². The zero-order valence-electron chi connectivity index (χ0n) is 6.15. The lowest BCUT2D eigenvalue weighted by molar-refractivity contribution is 0.935. The molecule has 2 rings (SSSR count). The molecule has 11 heavy (non-hydrogen) atoms. The predicted molar refractivity (Wildman–Crippen MR) is 43.0 cm³/mol. The van der Waals surface area contributed by atoms with Crippen LogP contribution in [0.25, 0.3) is 5.65 Å². The largest absolute Gasteiger partial charge is 0.382 e. The topological polar surface area (TPSA) is 74.3 Å². The summed E-state index contributed by atoms with van der Waals surface area (Å²) in [7, 11) is 1.85. The molecule has 0 unspecified atom stereocenters. The summed E-state index contributed by atoms with van der Waals surface area (Å²) in [6.07, 6.45) is 1.69. The van der Waals surface area contributed by atoms with Crippen LogP contribution in [0.3, 0.4) is 0 Å². The number of nitrogens with two attached hydrogens (primary N) is 2. The number of fused-ring (bicyclic) bond motifs is 1. The van der Waals surface area contributed by atoms with Gasteiger partial charge in [0.2, 0.25) is 0 Å². The second kappa shape index (κ2) is 1.69. The van der Waals surface area contributed by atoms with E-state index >= 15 is 0 Å². The van der Waals surface area contributed by atoms with Gasteiger partial charge in [0, 0.05) is 13.1 Å². The smallest absolute Gasteiger partial charge is 0.168 e. The molecular weight excluding hydrogens is 142 g/mol. The van der Waals surface area contributed by atoms with Gasteiger partial charge in [-0.3, -0.25) is 0 Å². The molecule has 0 radical (unpaired) electrons. The highest BCUT2D eigenvalue weighted by Gasteiger charge is 2.08. The van der Waals surface area contributed by atoms with E-state index in [2.05, 4.69) is 5.10 Å². The SMILES string of the molecule is Cn1c(N)c(N)n2nccc12. The molecule has 0 fully saturated rings. The van der Waals surface area contributed by atoms with Gasteiger partial charge >= 0.3 is 0 Å². The molecule has 2 aromatic heterocycles. The minimum atomic E-state index is 0.493. The van der Waals surface area contributed by atoms with Crippen molar-refractivity contribution in [1.29, 1.82) is 0 Å². The van der Waals surface area contributed by atoms with E-state index in [4.69, 9.17) is 11.5 Å². The Kier molecular flexibility index (Phi) is 0.934. The second-order valence-electron chi connectivity index (χ2n) is 2.43. The molecule has 0 saturated heterocycles. The van der Waals surface area contributed by atoms with Gasteiger partial charge in [0.1, 0.15) is 11.5 Å². The van der Waals surface area contributed by atoms with Gasteiger partial charge in [-0.25, -0.2) is 0 Å². The van der Waals surface area contributed by atoms with Crippen LogP contribution in [-0.2, 0) is 7.05 Å². The van der Waals surface area contributed by atoms with Crippen molar-refractivity contribution in [3.63, 3.8) is 0 Å². The molecule has 5 nitrogen and oxygen atoms in total. The summed E-state index contributed by atoms with van der Waals surface area (Å²) in [5.41, 5.74) is 12.2. The quantitative estimate of drug-likeness (QED) is 0.549. The molecule has 5 heteroatoms. The Labute approximate surface area is 63.2 Å². The lowest BCUT2D eigenvalue weighted by Gasteiger charge is -1.93. The van der Waals surface area contributed by atoms with Crippen molar-refractivity contribution in [2.45, 2.75) is 0 Å². The van der Waals surface area contributed by atoms with Crippen molar-refractivity contribution in [2.75, 3.05) is 11.5 Å². The van der Waals surface area contributed by atoms with E-state index in [0.717, 1.165) is 5.65 Å². The molecule has 0 aliphatic heterocycles. The maximum Gasteiger partial charge on any atom is 0.168 e. The molecule has 0 saturated carbocycles. The maximum absolute atomic E-state index is 5.64. The van der Waals surface area contributed by atoms with Gasteiger partial charge in [-0.1, -0.05) is 0 Å². The first kappa shape index (κ1) is 6.09. The van der Waals surface area contributed by atoms with Crippen LogP contribution in [0.4, 0.5) is 11.6 Å². The number of hydrogen-bond acceptors (Lipinski definition) is 3. The summed E-state index contributed by atoms with van der Waals surface area (Å²) in [6.45, 7) is 0. The van der Waals surface area contributed by atoms with E-state index in [-0.39, 0.29) is 0 Å². The molecule has 0 bridgehead atoms. The fourth-order valence-electron chi connectivity index (χ4n) is 1.14. The van der Waals surface area contributed by atoms with Crippen molar-refractivity contribution in [3.8, 4) is 0 Å². The van der Waals surface area contributed by atoms with E-state index < -0.39 is 0 Å². The van der Waals surface area contributed by atoms with Crippen molar-refractivity contribution < 1.29 is 0 Å². The highest BCUT2D eigenvalue weighted by atomic mass is 15.3. The predicted octanol–water partition coefficient (Wildman–Crippen LogP) is -0.163. The third kappa shape index (κ3) is 0.568. The summed E-state index contributed by atoms with van der Waals surface area (Å²) in [5, 5.41) is 3.99. The fraction of sp³-hybridized carbons (Fsp3) is 0.167. The first-order valence-electron chi connectivity index (χ1n) is 3.25. The Morgan fingerprint density at radius 1 is 1.36 bits per heavy atom. The van der Waals surface area contributed by atoms with Crippen LogP contribution < -0.4 is 11.5 Å². The van der Waals surface area contributed by atoms with E-state index in [1.54, 1.807) is 15.3 Å². The molecule has 4 N–H and O–H groups in total. The van der Waals surface area contributed by atoms with Crippen LogP contribution in [0.1, 0.15) is 0 Å². The lowest BCUT2D eigenvalue weighted by atomic mass is 10.6. The standard InChI is InChI=1S/C6H9N5/c1-10-4-2-3-9-11(4)6(8)5(10)7/h2-3H,7-8H2,1H3. The van der Waals surface area contributed by atoms with Gasteiger partial charge < -0.3 is 16.0 Å². The normalized spacial score (nSPS) is 11.0. The van der Waals surface area contributed by atoms with E-state index in [9.17, 15) is 0 Å². The zero-order valence-corrected chi connectivity index (χ0v) is 6.15. The second-order valence-corrected chi connectivity index (χ2v) is 2.43. The van der Waals surface area contributed by atoms with Crippen molar-refractivity contribution in [2.24, 2.45) is 7.05 Å². The number of aromatic nitrogens is 3. The Morgan fingerprint density at radius 3 is 2.73 bits per heavy atom. The van der Waals surface area contributed by atoms with Gasteiger partial charge in [-0.05, 0) is 0 Å². The Bertz CT molecular complexity index is 362. The number of rotatable bonds is 0. The lowest BCUT2D eigenvalue weighted by Crippen LogP contribution is -1.99. The average Bonchev–Trinajstić information content (AvgIpc) is 2.53. The number of hydrogen-bond donors (Lipinski definition) is 2. The first-order chi connectivity index (χ1) is 5.22. The summed E-state index contributed by atoms with van der Waals surface area (Å²) in [5.74, 6) is 1.04. The summed E-state index contributed by atoms with van der Waals surface area (Å²) < 4.78 is 3.40. The van der Waals surface area contributed by atoms with Crippen molar-refractivity contribution >= 4 is 17.3 Å². The third-order valence-electron chi connectivity index (χ3n) is 1.82. The zero-order chi connectivity index (χ0) is 8.01. The Balaban J connectivity index is 3.00. The number of anilines is 2. The minimum Gasteiger partial charge on any atom is -0.382 e. The fourth-order valence-corrected chi connectivity index (χ4v) is 1.14. The van der Waals surface area contributed by atoms with Gasteiger partial charge in [0.25, 0.3) is 0 Å². The molecule has 0 spiro atoms. The first-order valence-corrected chi connectivity index (χ1v) is 3.25. The molecule has 2 heterocycles. The summed E-state index contributed by atoms with van der Waals surface area (Å²) in [6, 6.07) is 1.85. The number of imidazole rings is 1. The van der Waals surface area contributed by atoms with Crippen molar-refractivity contribution in [3.05, 3.63) is 12.3 Å². The highest BCUT2D eigenvalue weighted by Crippen LogP contribution is 2.18. The van der Waals surface area contributed by atoms with Crippen LogP contribution in [0, 0.1) is 0 Å². The molecule has 0 aliphatic rings. The number of nitrogen functional groups attached to an aromatic ring is 2. The Morgan fingerprint density at radius 2 is 2.09 bits per heavy atom. The van der Waals surface area contributed by atoms with Crippen LogP contribution in [0.15, 0.2) is 12.3 Å². The monoisotopic (exact) mass is 151 g/mol. The van der Waals surface area contributed by atoms with Gasteiger partial charge in [-0.2, -0.15) is 9.61 Å². The van der Waals surface area contributed by atoms with E-state index in [1.165, 1.54) is 0 Å². The number of aryl methyl sites for hydroxylation is 1. The van der Waals surface area contributed by atoms with Crippen LogP contribution >= 0.6 is 0 Å². The van der Waals surface area contributed by atoms with E-state index in [1.807, 2.05) is 13.1 Å². The number of nitrogens with zero attached hydrogens (tertiary/aromatic N) is 3. The third-order valence-corrected chi connectivity index (χ3v) is 1.82. The molecule has 0 atom stereocenters. The maximum atomic E-state index is 5.64. The van der Waals surface area contributed by atoms with Gasteiger partial charge in [0.05, 0.1) is 6.20 Å². The molecule has 0 aliphatic carbocycles. The summed E-state index contributed by atoms with van der Waals surface area (Å²) in [4.78, 5) is 0. The Hall–Kier alpha value is -1.65. The molecule has 0 amide bonds. The van der Waals surface area contributed by atoms with Crippen molar-refractivity contribution in [1.82, 2.24) is 14.2 Å².